The second-order valence-corrected chi connectivity index (χ2v) is 5.17. The number of aromatic nitrogens is 1. The molecule has 0 amide bonds. The summed E-state index contributed by atoms with van der Waals surface area (Å²) in [7, 11) is 1.69. The molecular formula is C16H17BrN4O. The van der Waals surface area contributed by atoms with E-state index in [0.717, 1.165) is 10.2 Å². The van der Waals surface area contributed by atoms with Crippen molar-refractivity contribution in [3.63, 3.8) is 0 Å². The van der Waals surface area contributed by atoms with Gasteiger partial charge in [0.15, 0.2) is 11.6 Å². The van der Waals surface area contributed by atoms with Crippen LogP contribution in [0.15, 0.2) is 64.3 Å². The zero-order valence-corrected chi connectivity index (χ0v) is 14.0. The van der Waals surface area contributed by atoms with Crippen LogP contribution in [0.2, 0.25) is 0 Å². The summed E-state index contributed by atoms with van der Waals surface area (Å²) in [6.45, 7) is 1.92. The number of nitrogens with one attached hydrogen (secondary N) is 2. The van der Waals surface area contributed by atoms with Gasteiger partial charge in [-0.15, -0.1) is 0 Å². The molecule has 1 aromatic carbocycles. The molecule has 0 unspecified atom stereocenters. The third kappa shape index (κ3) is 4.60. The standard InChI is InChI=1S/C16H17BrN4O/c1-3-9-19-16(18-2)21-15-14(10-12(17)11-20-15)22-13-7-5-4-6-8-13/h3-11H,1-2H3,(H2,18,19,20,21)/b9-3+. The number of allylic oxidation sites excluding steroid dienone is 1. The maximum absolute atomic E-state index is 5.88. The molecule has 2 rings (SSSR count). The van der Waals surface area contributed by atoms with Crippen molar-refractivity contribution in [1.82, 2.24) is 10.3 Å². The first-order valence-corrected chi connectivity index (χ1v) is 7.52. The first-order valence-electron chi connectivity index (χ1n) is 6.73. The van der Waals surface area contributed by atoms with Crippen molar-refractivity contribution in [2.75, 3.05) is 12.4 Å². The molecule has 1 heterocycles. The van der Waals surface area contributed by atoms with E-state index in [1.165, 1.54) is 0 Å². The van der Waals surface area contributed by atoms with Crippen LogP contribution < -0.4 is 15.4 Å². The van der Waals surface area contributed by atoms with E-state index in [-0.39, 0.29) is 0 Å². The van der Waals surface area contributed by atoms with E-state index in [4.69, 9.17) is 4.74 Å². The van der Waals surface area contributed by atoms with Crippen molar-refractivity contribution >= 4 is 27.7 Å². The topological polar surface area (TPSA) is 58.5 Å². The molecule has 5 nitrogen and oxygen atoms in total. The lowest BCUT2D eigenvalue weighted by Crippen LogP contribution is -2.26. The number of hydrogen-bond acceptors (Lipinski definition) is 3. The summed E-state index contributed by atoms with van der Waals surface area (Å²) in [5.41, 5.74) is 0. The summed E-state index contributed by atoms with van der Waals surface area (Å²) in [5, 5.41) is 6.13. The monoisotopic (exact) mass is 360 g/mol. The Balaban J connectivity index is 2.24. The van der Waals surface area contributed by atoms with Crippen molar-refractivity contribution < 1.29 is 4.74 Å². The van der Waals surface area contributed by atoms with Crippen LogP contribution >= 0.6 is 15.9 Å². The van der Waals surface area contributed by atoms with Crippen LogP contribution in [0.1, 0.15) is 6.92 Å². The molecule has 0 radical (unpaired) electrons. The van der Waals surface area contributed by atoms with Crippen LogP contribution in [0.25, 0.3) is 0 Å². The molecule has 0 aliphatic heterocycles. The third-order valence-electron chi connectivity index (χ3n) is 2.64. The highest BCUT2D eigenvalue weighted by Gasteiger charge is 2.09. The average Bonchev–Trinajstić information content (AvgIpc) is 2.54. The molecule has 0 saturated carbocycles. The zero-order chi connectivity index (χ0) is 15.8. The van der Waals surface area contributed by atoms with Gasteiger partial charge in [0, 0.05) is 23.8 Å². The van der Waals surface area contributed by atoms with Gasteiger partial charge in [-0.2, -0.15) is 0 Å². The molecule has 2 aromatic rings. The number of anilines is 1. The number of ether oxygens (including phenoxy) is 1. The van der Waals surface area contributed by atoms with E-state index in [1.54, 1.807) is 19.4 Å². The van der Waals surface area contributed by atoms with Crippen LogP contribution in [0.5, 0.6) is 11.5 Å². The molecule has 0 saturated heterocycles. The lowest BCUT2D eigenvalue weighted by atomic mass is 10.3. The average molecular weight is 361 g/mol. The van der Waals surface area contributed by atoms with E-state index >= 15 is 0 Å². The fourth-order valence-electron chi connectivity index (χ4n) is 1.64. The Morgan fingerprint density at radius 1 is 1.32 bits per heavy atom. The Hall–Kier alpha value is -2.34. The van der Waals surface area contributed by atoms with Gasteiger partial charge in [-0.05, 0) is 41.2 Å². The minimum atomic E-state index is 0.574. The van der Waals surface area contributed by atoms with E-state index in [1.807, 2.05) is 49.4 Å². The van der Waals surface area contributed by atoms with Crippen molar-refractivity contribution in [2.45, 2.75) is 6.92 Å². The van der Waals surface area contributed by atoms with Gasteiger partial charge in [0.25, 0.3) is 0 Å². The van der Waals surface area contributed by atoms with E-state index in [0.29, 0.717) is 17.5 Å². The predicted octanol–water partition coefficient (Wildman–Crippen LogP) is 4.16. The zero-order valence-electron chi connectivity index (χ0n) is 12.4. The molecule has 0 aliphatic rings. The lowest BCUT2D eigenvalue weighted by molar-refractivity contribution is 0.482. The number of nitrogens with zero attached hydrogens (tertiary/aromatic N) is 2. The molecular weight excluding hydrogens is 344 g/mol. The summed E-state index contributed by atoms with van der Waals surface area (Å²) in [6.07, 6.45) is 5.36. The fraction of sp³-hybridized carbons (Fsp3) is 0.125. The first kappa shape index (κ1) is 16.0. The Morgan fingerprint density at radius 3 is 2.77 bits per heavy atom. The van der Waals surface area contributed by atoms with Gasteiger partial charge in [0.2, 0.25) is 5.96 Å². The number of aliphatic imine (C=N–C) groups is 1. The van der Waals surface area contributed by atoms with Crippen LogP contribution in [0.4, 0.5) is 5.82 Å². The normalized spacial score (nSPS) is 11.5. The molecule has 1 aromatic heterocycles. The quantitative estimate of drug-likeness (QED) is 0.634. The minimum Gasteiger partial charge on any atom is -0.453 e. The van der Waals surface area contributed by atoms with Gasteiger partial charge >= 0.3 is 0 Å². The summed E-state index contributed by atoms with van der Waals surface area (Å²) in [5.74, 6) is 2.49. The second kappa shape index (κ2) is 8.19. The summed E-state index contributed by atoms with van der Waals surface area (Å²) in [6, 6.07) is 11.4. The van der Waals surface area contributed by atoms with Crippen LogP contribution in [0.3, 0.4) is 0 Å². The second-order valence-electron chi connectivity index (χ2n) is 4.26. The van der Waals surface area contributed by atoms with Gasteiger partial charge < -0.3 is 15.4 Å². The minimum absolute atomic E-state index is 0.574. The maximum Gasteiger partial charge on any atom is 0.200 e. The molecule has 2 N–H and O–H groups in total. The van der Waals surface area contributed by atoms with Crippen LogP contribution in [-0.2, 0) is 0 Å². The highest BCUT2D eigenvalue weighted by Crippen LogP contribution is 2.30. The SMILES string of the molecule is C/C=C/NC(=NC)Nc1ncc(Br)cc1Oc1ccccc1. The summed E-state index contributed by atoms with van der Waals surface area (Å²) in [4.78, 5) is 8.47. The van der Waals surface area contributed by atoms with Gasteiger partial charge in [0.1, 0.15) is 5.75 Å². The van der Waals surface area contributed by atoms with Crippen LogP contribution in [-0.4, -0.2) is 18.0 Å². The molecule has 0 bridgehead atoms. The number of hydrogen-bond donors (Lipinski definition) is 2. The molecule has 0 spiro atoms. The predicted molar refractivity (Wildman–Crippen MR) is 93.4 cm³/mol. The molecule has 0 atom stereocenters. The third-order valence-corrected chi connectivity index (χ3v) is 3.07. The lowest BCUT2D eigenvalue weighted by Gasteiger charge is -2.13. The van der Waals surface area contributed by atoms with E-state index in [2.05, 4.69) is 36.5 Å². The maximum atomic E-state index is 5.88. The highest BCUT2D eigenvalue weighted by molar-refractivity contribution is 9.10. The van der Waals surface area contributed by atoms with Gasteiger partial charge in [-0.25, -0.2) is 4.98 Å². The Morgan fingerprint density at radius 2 is 2.09 bits per heavy atom. The number of pyridine rings is 1. The first-order chi connectivity index (χ1) is 10.7. The van der Waals surface area contributed by atoms with Gasteiger partial charge in [-0.3, -0.25) is 4.99 Å². The number of halogens is 1. The molecule has 0 fully saturated rings. The van der Waals surface area contributed by atoms with Crippen molar-refractivity contribution in [3.05, 3.63) is 59.3 Å². The Kier molecular flexibility index (Phi) is 5.97. The Bertz CT molecular complexity index is 671. The molecule has 6 heteroatoms. The number of guanidine groups is 1. The van der Waals surface area contributed by atoms with E-state index < -0.39 is 0 Å². The number of para-hydroxylation sites is 1. The largest absolute Gasteiger partial charge is 0.453 e. The fourth-order valence-corrected chi connectivity index (χ4v) is 1.95. The Labute approximate surface area is 138 Å². The van der Waals surface area contributed by atoms with Crippen LogP contribution in [0, 0.1) is 0 Å². The summed E-state index contributed by atoms with van der Waals surface area (Å²) >= 11 is 3.41. The van der Waals surface area contributed by atoms with Gasteiger partial charge in [0.05, 0.1) is 0 Å². The van der Waals surface area contributed by atoms with Crippen molar-refractivity contribution in [2.24, 2.45) is 4.99 Å². The molecule has 22 heavy (non-hydrogen) atoms. The number of rotatable bonds is 4. The molecule has 0 aliphatic carbocycles. The van der Waals surface area contributed by atoms with Crippen molar-refractivity contribution in [3.8, 4) is 11.5 Å². The van der Waals surface area contributed by atoms with Crippen molar-refractivity contribution in [1.29, 1.82) is 0 Å². The van der Waals surface area contributed by atoms with E-state index in [9.17, 15) is 0 Å². The molecule has 114 valence electrons. The number of benzene rings is 1. The summed E-state index contributed by atoms with van der Waals surface area (Å²) < 4.78 is 6.72. The van der Waals surface area contributed by atoms with Gasteiger partial charge in [-0.1, -0.05) is 24.3 Å². The smallest absolute Gasteiger partial charge is 0.200 e. The highest BCUT2D eigenvalue weighted by atomic mass is 79.9.